The molecule has 3 aromatic carbocycles. The number of cyclic esters (lactones) is 1. The predicted octanol–water partition coefficient (Wildman–Crippen LogP) is 6.91. The maximum Gasteiger partial charge on any atom is 0.363 e. The van der Waals surface area contributed by atoms with Crippen molar-refractivity contribution >= 4 is 65.7 Å². The van der Waals surface area contributed by atoms with Crippen molar-refractivity contribution in [3.8, 4) is 11.5 Å². The number of halogens is 3. The molecule has 0 fully saturated rings. The van der Waals surface area contributed by atoms with Crippen LogP contribution < -0.4 is 9.47 Å². The highest BCUT2D eigenvalue weighted by Gasteiger charge is 2.25. The van der Waals surface area contributed by atoms with E-state index in [1.807, 2.05) is 54.6 Å². The van der Waals surface area contributed by atoms with E-state index in [4.69, 9.17) is 14.2 Å². The second kappa shape index (κ2) is 10.0. The third-order valence-corrected chi connectivity index (χ3v) is 6.39. The summed E-state index contributed by atoms with van der Waals surface area (Å²) < 4.78 is 19.4. The topological polar surface area (TPSA) is 57.1 Å². The number of carbonyl (C=O) groups is 1. The van der Waals surface area contributed by atoms with Crippen LogP contribution in [0.2, 0.25) is 0 Å². The van der Waals surface area contributed by atoms with E-state index in [9.17, 15) is 4.79 Å². The number of esters is 1. The van der Waals surface area contributed by atoms with Gasteiger partial charge in [-0.15, -0.1) is 0 Å². The lowest BCUT2D eigenvalue weighted by Crippen LogP contribution is -2.05. The van der Waals surface area contributed by atoms with Crippen LogP contribution in [0.1, 0.15) is 16.7 Å². The summed E-state index contributed by atoms with van der Waals surface area (Å²) in [6.45, 7) is 0.384. The van der Waals surface area contributed by atoms with E-state index in [1.165, 1.54) is 0 Å². The average Bonchev–Trinajstić information content (AvgIpc) is 3.14. The number of methoxy groups -OCH3 is 1. The molecule has 0 saturated carbocycles. The van der Waals surface area contributed by atoms with Crippen LogP contribution in [0.3, 0.4) is 0 Å². The molecular weight excluding hydrogens is 606 g/mol. The van der Waals surface area contributed by atoms with Crippen LogP contribution in [0.5, 0.6) is 11.5 Å². The maximum absolute atomic E-state index is 12.4. The Kier molecular flexibility index (Phi) is 7.13. The third kappa shape index (κ3) is 5.14. The van der Waals surface area contributed by atoms with E-state index < -0.39 is 5.97 Å². The lowest BCUT2D eigenvalue weighted by Gasteiger charge is -2.14. The molecule has 1 aliphatic heterocycles. The highest BCUT2D eigenvalue weighted by molar-refractivity contribution is 9.11. The molecule has 3 aromatic rings. The van der Waals surface area contributed by atoms with Gasteiger partial charge in [0.1, 0.15) is 6.61 Å². The van der Waals surface area contributed by atoms with Crippen molar-refractivity contribution in [2.45, 2.75) is 6.61 Å². The average molecular weight is 622 g/mol. The molecule has 0 bridgehead atoms. The summed E-state index contributed by atoms with van der Waals surface area (Å²) in [5, 5.41) is 0. The molecule has 0 saturated heterocycles. The summed E-state index contributed by atoms with van der Waals surface area (Å²) in [5.41, 5.74) is 2.65. The number of rotatable bonds is 6. The Hall–Kier alpha value is -2.42. The fourth-order valence-electron chi connectivity index (χ4n) is 3.02. The van der Waals surface area contributed by atoms with Gasteiger partial charge in [-0.1, -0.05) is 40.2 Å². The van der Waals surface area contributed by atoms with Gasteiger partial charge < -0.3 is 14.2 Å². The first-order valence-electron chi connectivity index (χ1n) is 9.47. The van der Waals surface area contributed by atoms with Crippen LogP contribution in [-0.2, 0) is 16.1 Å². The predicted molar refractivity (Wildman–Crippen MR) is 134 cm³/mol. The van der Waals surface area contributed by atoms with E-state index in [0.29, 0.717) is 33.7 Å². The van der Waals surface area contributed by atoms with Crippen LogP contribution >= 0.6 is 47.8 Å². The van der Waals surface area contributed by atoms with Gasteiger partial charge in [0.15, 0.2) is 17.2 Å². The molecule has 1 heterocycles. The minimum Gasteiger partial charge on any atom is -0.493 e. The minimum absolute atomic E-state index is 0.202. The summed E-state index contributed by atoms with van der Waals surface area (Å²) in [6.07, 6.45) is 1.65. The number of nitrogens with zero attached hydrogens (tertiary/aromatic N) is 1. The molecule has 0 radical (unpaired) electrons. The first-order chi connectivity index (χ1) is 15.4. The van der Waals surface area contributed by atoms with Crippen molar-refractivity contribution in [2.75, 3.05) is 7.11 Å². The van der Waals surface area contributed by atoms with Crippen LogP contribution in [0, 0.1) is 0 Å². The summed E-state index contributed by atoms with van der Waals surface area (Å²) in [7, 11) is 1.57. The van der Waals surface area contributed by atoms with Crippen molar-refractivity contribution in [1.82, 2.24) is 0 Å². The number of hydrogen-bond donors (Lipinski definition) is 0. The van der Waals surface area contributed by atoms with Crippen LogP contribution in [0.4, 0.5) is 0 Å². The number of ether oxygens (including phenoxy) is 3. The van der Waals surface area contributed by atoms with E-state index in [2.05, 4.69) is 52.8 Å². The largest absolute Gasteiger partial charge is 0.493 e. The highest BCUT2D eigenvalue weighted by Crippen LogP contribution is 2.38. The summed E-state index contributed by atoms with van der Waals surface area (Å²) in [4.78, 5) is 16.7. The summed E-state index contributed by atoms with van der Waals surface area (Å²) >= 11 is 10.4. The van der Waals surface area contributed by atoms with Gasteiger partial charge in [0.2, 0.25) is 5.90 Å². The Morgan fingerprint density at radius 1 is 1.00 bits per heavy atom. The Labute approximate surface area is 210 Å². The number of benzene rings is 3. The molecule has 32 heavy (non-hydrogen) atoms. The first kappa shape index (κ1) is 22.8. The van der Waals surface area contributed by atoms with Gasteiger partial charge in [0.25, 0.3) is 0 Å². The quantitative estimate of drug-likeness (QED) is 0.222. The van der Waals surface area contributed by atoms with Crippen LogP contribution in [0.15, 0.2) is 84.8 Å². The standard InChI is InChI=1S/C24H16Br3NO4/c1-30-21-12-15(10-19(27)22(21)31-13-14-6-8-16(25)9-7-14)11-20-24(29)32-23(28-20)17-4-2-3-5-18(17)26/h2-12H,13H2,1H3/b20-11-. The molecule has 0 unspecified atom stereocenters. The summed E-state index contributed by atoms with van der Waals surface area (Å²) in [6, 6.07) is 18.9. The Bertz CT molecular complexity index is 1240. The molecule has 0 aliphatic carbocycles. The Balaban J connectivity index is 1.59. The molecule has 0 aromatic heterocycles. The monoisotopic (exact) mass is 619 g/mol. The van der Waals surface area contributed by atoms with Crippen LogP contribution in [0.25, 0.3) is 6.08 Å². The van der Waals surface area contributed by atoms with E-state index in [1.54, 1.807) is 19.3 Å². The second-order valence-corrected chi connectivity index (χ2v) is 9.39. The maximum atomic E-state index is 12.4. The molecule has 0 spiro atoms. The van der Waals surface area contributed by atoms with Gasteiger partial charge >= 0.3 is 5.97 Å². The van der Waals surface area contributed by atoms with Gasteiger partial charge in [-0.2, -0.15) is 0 Å². The molecule has 4 rings (SSSR count). The fraction of sp³-hybridized carbons (Fsp3) is 0.0833. The molecule has 5 nitrogen and oxygen atoms in total. The summed E-state index contributed by atoms with van der Waals surface area (Å²) in [5.74, 6) is 0.851. The van der Waals surface area contributed by atoms with Gasteiger partial charge in [0.05, 0.1) is 17.1 Å². The molecule has 0 amide bonds. The minimum atomic E-state index is -0.513. The van der Waals surface area contributed by atoms with Crippen molar-refractivity contribution in [3.63, 3.8) is 0 Å². The second-order valence-electron chi connectivity index (χ2n) is 6.77. The molecular formula is C24H16Br3NO4. The Morgan fingerprint density at radius 3 is 2.47 bits per heavy atom. The lowest BCUT2D eigenvalue weighted by atomic mass is 10.1. The van der Waals surface area contributed by atoms with Gasteiger partial charge in [-0.3, -0.25) is 0 Å². The number of hydrogen-bond acceptors (Lipinski definition) is 5. The smallest absolute Gasteiger partial charge is 0.363 e. The van der Waals surface area contributed by atoms with Gasteiger partial charge in [-0.25, -0.2) is 9.79 Å². The van der Waals surface area contributed by atoms with Gasteiger partial charge in [-0.05, 0) is 85.5 Å². The van der Waals surface area contributed by atoms with Crippen molar-refractivity contribution < 1.29 is 19.0 Å². The number of aliphatic imine (C=N–C) groups is 1. The zero-order valence-electron chi connectivity index (χ0n) is 16.8. The van der Waals surface area contributed by atoms with E-state index >= 15 is 0 Å². The zero-order valence-corrected chi connectivity index (χ0v) is 21.5. The van der Waals surface area contributed by atoms with Crippen molar-refractivity contribution in [1.29, 1.82) is 0 Å². The lowest BCUT2D eigenvalue weighted by molar-refractivity contribution is -0.129. The first-order valence-corrected chi connectivity index (χ1v) is 11.8. The van der Waals surface area contributed by atoms with Gasteiger partial charge in [0, 0.05) is 8.95 Å². The SMILES string of the molecule is COc1cc(/C=C2\N=C(c3ccccc3Br)OC2=O)cc(Br)c1OCc1ccc(Br)cc1. The molecule has 162 valence electrons. The third-order valence-electron chi connectivity index (χ3n) is 4.58. The normalized spacial score (nSPS) is 14.3. The Morgan fingerprint density at radius 2 is 1.75 bits per heavy atom. The molecule has 1 aliphatic rings. The van der Waals surface area contributed by atoms with E-state index in [0.717, 1.165) is 14.5 Å². The number of carbonyl (C=O) groups excluding carboxylic acids is 1. The van der Waals surface area contributed by atoms with Crippen molar-refractivity contribution in [3.05, 3.63) is 96.5 Å². The molecule has 0 N–H and O–H groups in total. The molecule has 8 heteroatoms. The van der Waals surface area contributed by atoms with E-state index in [-0.39, 0.29) is 11.6 Å². The molecule has 0 atom stereocenters. The van der Waals surface area contributed by atoms with Crippen molar-refractivity contribution in [2.24, 2.45) is 4.99 Å². The van der Waals surface area contributed by atoms with Crippen LogP contribution in [-0.4, -0.2) is 19.0 Å². The highest BCUT2D eigenvalue weighted by atomic mass is 79.9. The fourth-order valence-corrected chi connectivity index (χ4v) is 4.31. The zero-order chi connectivity index (χ0) is 22.7.